The standard InChI is InChI=1S/C12H15ClO2/c1-3-4-10-5-7-11(8-6-10)15-9(2)12(13)14/h5-9H,3-4H2,1-2H3/t9-/m0/s1. The highest BCUT2D eigenvalue weighted by Crippen LogP contribution is 2.15. The lowest BCUT2D eigenvalue weighted by Crippen LogP contribution is -2.18. The van der Waals surface area contributed by atoms with Gasteiger partial charge in [-0.05, 0) is 42.6 Å². The van der Waals surface area contributed by atoms with Crippen LogP contribution in [0.3, 0.4) is 0 Å². The average Bonchev–Trinajstić information content (AvgIpc) is 2.21. The number of hydrogen-bond acceptors (Lipinski definition) is 2. The van der Waals surface area contributed by atoms with Crippen molar-refractivity contribution in [1.29, 1.82) is 0 Å². The zero-order valence-electron chi connectivity index (χ0n) is 9.00. The number of ether oxygens (including phenoxy) is 1. The average molecular weight is 227 g/mol. The van der Waals surface area contributed by atoms with Crippen LogP contribution in [0.4, 0.5) is 0 Å². The summed E-state index contributed by atoms with van der Waals surface area (Å²) in [4.78, 5) is 10.8. The third-order valence-corrected chi connectivity index (χ3v) is 2.40. The minimum atomic E-state index is -0.594. The molecule has 0 heterocycles. The van der Waals surface area contributed by atoms with Crippen molar-refractivity contribution in [3.63, 3.8) is 0 Å². The number of carbonyl (C=O) groups is 1. The van der Waals surface area contributed by atoms with E-state index in [4.69, 9.17) is 16.3 Å². The SMILES string of the molecule is CCCc1ccc(O[C@@H](C)C(=O)Cl)cc1. The van der Waals surface area contributed by atoms with E-state index in [1.807, 2.05) is 24.3 Å². The first-order valence-electron chi connectivity index (χ1n) is 5.08. The zero-order valence-corrected chi connectivity index (χ0v) is 9.75. The van der Waals surface area contributed by atoms with E-state index in [-0.39, 0.29) is 0 Å². The van der Waals surface area contributed by atoms with Gasteiger partial charge in [-0.25, -0.2) is 0 Å². The molecular weight excluding hydrogens is 212 g/mol. The second-order valence-corrected chi connectivity index (χ2v) is 3.83. The van der Waals surface area contributed by atoms with Crippen molar-refractivity contribution in [3.8, 4) is 5.75 Å². The smallest absolute Gasteiger partial charge is 0.262 e. The molecular formula is C12H15ClO2. The van der Waals surface area contributed by atoms with E-state index in [0.717, 1.165) is 12.8 Å². The van der Waals surface area contributed by atoms with Crippen LogP contribution in [0.2, 0.25) is 0 Å². The van der Waals surface area contributed by atoms with Crippen molar-refractivity contribution in [3.05, 3.63) is 29.8 Å². The first-order valence-corrected chi connectivity index (χ1v) is 5.46. The van der Waals surface area contributed by atoms with Gasteiger partial charge in [-0.2, -0.15) is 0 Å². The van der Waals surface area contributed by atoms with Crippen molar-refractivity contribution in [1.82, 2.24) is 0 Å². The Bertz CT molecular complexity index is 319. The molecule has 82 valence electrons. The highest BCUT2D eigenvalue weighted by atomic mass is 35.5. The minimum absolute atomic E-state index is 0.479. The lowest BCUT2D eigenvalue weighted by Gasteiger charge is -2.10. The molecule has 0 saturated carbocycles. The molecule has 1 rings (SSSR count). The molecule has 0 radical (unpaired) electrons. The summed E-state index contributed by atoms with van der Waals surface area (Å²) in [5.74, 6) is 0.677. The maximum absolute atomic E-state index is 10.8. The first kappa shape index (κ1) is 12.1. The summed E-state index contributed by atoms with van der Waals surface area (Å²) < 4.78 is 5.33. The van der Waals surface area contributed by atoms with Gasteiger partial charge >= 0.3 is 0 Å². The van der Waals surface area contributed by atoms with Gasteiger partial charge in [0.2, 0.25) is 0 Å². The Morgan fingerprint density at radius 1 is 1.40 bits per heavy atom. The number of carbonyl (C=O) groups excluding carboxylic acids is 1. The quantitative estimate of drug-likeness (QED) is 0.721. The highest BCUT2D eigenvalue weighted by molar-refractivity contribution is 6.64. The molecule has 1 aromatic rings. The maximum atomic E-state index is 10.8. The summed E-state index contributed by atoms with van der Waals surface area (Å²) in [7, 11) is 0. The Morgan fingerprint density at radius 2 is 2.00 bits per heavy atom. The van der Waals surface area contributed by atoms with E-state index in [2.05, 4.69) is 6.92 Å². The van der Waals surface area contributed by atoms with Crippen molar-refractivity contribution in [2.75, 3.05) is 0 Å². The van der Waals surface area contributed by atoms with Gasteiger partial charge < -0.3 is 4.74 Å². The molecule has 0 N–H and O–H groups in total. The van der Waals surface area contributed by atoms with Crippen LogP contribution in [-0.2, 0) is 11.2 Å². The lowest BCUT2D eigenvalue weighted by atomic mass is 10.1. The van der Waals surface area contributed by atoms with Crippen LogP contribution in [-0.4, -0.2) is 11.3 Å². The van der Waals surface area contributed by atoms with E-state index in [0.29, 0.717) is 5.75 Å². The van der Waals surface area contributed by atoms with E-state index in [1.165, 1.54) is 5.56 Å². The Morgan fingerprint density at radius 3 is 2.47 bits per heavy atom. The molecule has 0 spiro atoms. The van der Waals surface area contributed by atoms with Gasteiger partial charge in [-0.15, -0.1) is 0 Å². The molecule has 0 fully saturated rings. The van der Waals surface area contributed by atoms with Crippen molar-refractivity contribution >= 4 is 16.8 Å². The summed E-state index contributed by atoms with van der Waals surface area (Å²) in [6.45, 7) is 3.77. The predicted molar refractivity (Wildman–Crippen MR) is 61.4 cm³/mol. The third kappa shape index (κ3) is 3.92. The molecule has 15 heavy (non-hydrogen) atoms. The number of halogens is 1. The Kier molecular flexibility index (Phi) is 4.63. The second-order valence-electron chi connectivity index (χ2n) is 3.46. The number of benzene rings is 1. The van der Waals surface area contributed by atoms with Crippen LogP contribution in [0.25, 0.3) is 0 Å². The molecule has 0 aromatic heterocycles. The first-order chi connectivity index (χ1) is 7.13. The maximum Gasteiger partial charge on any atom is 0.262 e. The molecule has 0 aliphatic rings. The molecule has 0 aliphatic carbocycles. The molecule has 0 bridgehead atoms. The lowest BCUT2D eigenvalue weighted by molar-refractivity contribution is -0.117. The van der Waals surface area contributed by atoms with Crippen LogP contribution in [0, 0.1) is 0 Å². The van der Waals surface area contributed by atoms with Crippen LogP contribution in [0.5, 0.6) is 5.75 Å². The highest BCUT2D eigenvalue weighted by Gasteiger charge is 2.10. The fraction of sp³-hybridized carbons (Fsp3) is 0.417. The summed E-state index contributed by atoms with van der Waals surface area (Å²) >= 11 is 5.30. The zero-order chi connectivity index (χ0) is 11.3. The molecule has 3 heteroatoms. The van der Waals surface area contributed by atoms with E-state index in [9.17, 15) is 4.79 Å². The van der Waals surface area contributed by atoms with E-state index in [1.54, 1.807) is 6.92 Å². The Balaban J connectivity index is 2.60. The number of rotatable bonds is 5. The van der Waals surface area contributed by atoms with Crippen molar-refractivity contribution in [2.24, 2.45) is 0 Å². The van der Waals surface area contributed by atoms with E-state index < -0.39 is 11.3 Å². The van der Waals surface area contributed by atoms with Gasteiger partial charge in [0, 0.05) is 0 Å². The van der Waals surface area contributed by atoms with Crippen LogP contribution >= 0.6 is 11.6 Å². The predicted octanol–water partition coefficient (Wildman–Crippen LogP) is 3.17. The van der Waals surface area contributed by atoms with Gasteiger partial charge in [0.1, 0.15) is 5.75 Å². The molecule has 0 amide bonds. The number of aryl methyl sites for hydroxylation is 1. The van der Waals surface area contributed by atoms with Crippen LogP contribution in [0.15, 0.2) is 24.3 Å². The second kappa shape index (κ2) is 5.76. The van der Waals surface area contributed by atoms with Crippen molar-refractivity contribution in [2.45, 2.75) is 32.8 Å². The fourth-order valence-electron chi connectivity index (χ4n) is 1.27. The summed E-state index contributed by atoms with van der Waals surface area (Å²) in [5.41, 5.74) is 1.27. The third-order valence-electron chi connectivity index (χ3n) is 2.09. The topological polar surface area (TPSA) is 26.3 Å². The molecule has 0 aliphatic heterocycles. The molecule has 2 nitrogen and oxygen atoms in total. The summed E-state index contributed by atoms with van der Waals surface area (Å²) in [5, 5.41) is -0.479. The monoisotopic (exact) mass is 226 g/mol. The van der Waals surface area contributed by atoms with Crippen LogP contribution < -0.4 is 4.74 Å². The van der Waals surface area contributed by atoms with Gasteiger partial charge in [-0.1, -0.05) is 25.5 Å². The Labute approximate surface area is 95.2 Å². The van der Waals surface area contributed by atoms with Gasteiger partial charge in [0.05, 0.1) is 0 Å². The van der Waals surface area contributed by atoms with Crippen molar-refractivity contribution < 1.29 is 9.53 Å². The molecule has 1 aromatic carbocycles. The van der Waals surface area contributed by atoms with Gasteiger partial charge in [0.15, 0.2) is 6.10 Å². The fourth-order valence-corrected chi connectivity index (χ4v) is 1.32. The normalized spacial score (nSPS) is 12.2. The number of hydrogen-bond donors (Lipinski definition) is 0. The van der Waals surface area contributed by atoms with Gasteiger partial charge in [-0.3, -0.25) is 4.79 Å². The molecule has 0 saturated heterocycles. The molecule has 0 unspecified atom stereocenters. The molecule has 1 atom stereocenters. The summed E-state index contributed by atoms with van der Waals surface area (Å²) in [6, 6.07) is 7.73. The van der Waals surface area contributed by atoms with Crippen LogP contribution in [0.1, 0.15) is 25.8 Å². The Hall–Kier alpha value is -1.02. The largest absolute Gasteiger partial charge is 0.482 e. The van der Waals surface area contributed by atoms with E-state index >= 15 is 0 Å². The minimum Gasteiger partial charge on any atom is -0.482 e. The summed E-state index contributed by atoms with van der Waals surface area (Å²) in [6.07, 6.45) is 1.59. The van der Waals surface area contributed by atoms with Gasteiger partial charge in [0.25, 0.3) is 5.24 Å².